The molecule has 2 amide bonds. The fourth-order valence-corrected chi connectivity index (χ4v) is 1.80. The smallest absolute Gasteiger partial charge is 0.325 e. The third-order valence-electron chi connectivity index (χ3n) is 3.05. The molecule has 0 saturated carbocycles. The van der Waals surface area contributed by atoms with E-state index in [4.69, 9.17) is 9.47 Å². The summed E-state index contributed by atoms with van der Waals surface area (Å²) in [4.78, 5) is 45.8. The zero-order valence-corrected chi connectivity index (χ0v) is 14.4. The molecule has 26 heavy (non-hydrogen) atoms. The second-order valence-corrected chi connectivity index (χ2v) is 5.11. The van der Waals surface area contributed by atoms with Gasteiger partial charge in [0.05, 0.1) is 6.61 Å². The molecule has 0 atom stereocenters. The fourth-order valence-electron chi connectivity index (χ4n) is 1.80. The Morgan fingerprint density at radius 1 is 1.00 bits per heavy atom. The molecule has 0 aromatic heterocycles. The van der Waals surface area contributed by atoms with E-state index in [0.29, 0.717) is 13.0 Å². The van der Waals surface area contributed by atoms with Gasteiger partial charge in [-0.3, -0.25) is 19.2 Å². The van der Waals surface area contributed by atoms with Crippen LogP contribution in [0.5, 0.6) is 0 Å². The largest absolute Gasteiger partial charge is 0.466 e. The van der Waals surface area contributed by atoms with E-state index in [-0.39, 0.29) is 24.5 Å². The molecular formula is C17H21FN2O6. The Kier molecular flexibility index (Phi) is 9.37. The van der Waals surface area contributed by atoms with Crippen LogP contribution in [0.25, 0.3) is 0 Å². The Labute approximate surface area is 150 Å². The molecule has 8 nitrogen and oxygen atoms in total. The van der Waals surface area contributed by atoms with Crippen molar-refractivity contribution in [1.29, 1.82) is 0 Å². The van der Waals surface area contributed by atoms with Gasteiger partial charge < -0.3 is 20.1 Å². The number of ether oxygens (including phenoxy) is 2. The predicted octanol–water partition coefficient (Wildman–Crippen LogP) is 0.558. The number of rotatable bonds is 10. The van der Waals surface area contributed by atoms with Gasteiger partial charge in [-0.25, -0.2) is 4.39 Å². The molecule has 0 heterocycles. The number of hydrogen-bond acceptors (Lipinski definition) is 6. The highest BCUT2D eigenvalue weighted by molar-refractivity contribution is 5.96. The molecule has 1 rings (SSSR count). The normalized spacial score (nSPS) is 9.92. The number of benzene rings is 1. The summed E-state index contributed by atoms with van der Waals surface area (Å²) in [6, 6.07) is 4.80. The van der Waals surface area contributed by atoms with Crippen LogP contribution >= 0.6 is 0 Å². The van der Waals surface area contributed by atoms with Gasteiger partial charge in [-0.1, -0.05) is 0 Å². The highest BCUT2D eigenvalue weighted by Gasteiger charge is 2.11. The molecule has 0 aliphatic carbocycles. The van der Waals surface area contributed by atoms with Gasteiger partial charge in [0.25, 0.3) is 11.8 Å². The summed E-state index contributed by atoms with van der Waals surface area (Å²) < 4.78 is 22.2. The Hall–Kier alpha value is -2.97. The first-order chi connectivity index (χ1) is 12.4. The lowest BCUT2D eigenvalue weighted by atomic mass is 10.2. The van der Waals surface area contributed by atoms with Crippen LogP contribution in [0.3, 0.4) is 0 Å². The zero-order valence-electron chi connectivity index (χ0n) is 14.4. The number of halogens is 1. The predicted molar refractivity (Wildman–Crippen MR) is 88.6 cm³/mol. The molecule has 1 aromatic carbocycles. The molecule has 0 unspecified atom stereocenters. The van der Waals surface area contributed by atoms with Crippen molar-refractivity contribution in [2.24, 2.45) is 0 Å². The Morgan fingerprint density at radius 3 is 2.35 bits per heavy atom. The third kappa shape index (κ3) is 8.76. The van der Waals surface area contributed by atoms with Gasteiger partial charge in [-0.15, -0.1) is 0 Å². The summed E-state index contributed by atoms with van der Waals surface area (Å²) in [5, 5.41) is 4.78. The monoisotopic (exact) mass is 368 g/mol. The maximum atomic E-state index is 12.8. The molecule has 0 radical (unpaired) electrons. The SMILES string of the molecule is CCOC(=O)CCCNC(=O)COC(=O)CNC(=O)c1ccc(F)cc1. The summed E-state index contributed by atoms with van der Waals surface area (Å²) in [7, 11) is 0. The van der Waals surface area contributed by atoms with Crippen LogP contribution in [0.2, 0.25) is 0 Å². The molecule has 0 bridgehead atoms. The fraction of sp³-hybridized carbons (Fsp3) is 0.412. The van der Waals surface area contributed by atoms with Gasteiger partial charge in [0.2, 0.25) is 0 Å². The minimum absolute atomic E-state index is 0.184. The average Bonchev–Trinajstić information content (AvgIpc) is 2.62. The molecule has 0 aliphatic rings. The van der Waals surface area contributed by atoms with E-state index >= 15 is 0 Å². The van der Waals surface area contributed by atoms with Gasteiger partial charge in [0, 0.05) is 18.5 Å². The first kappa shape index (κ1) is 21.1. The number of amides is 2. The van der Waals surface area contributed by atoms with Crippen molar-refractivity contribution < 1.29 is 33.0 Å². The highest BCUT2D eigenvalue weighted by Crippen LogP contribution is 2.02. The van der Waals surface area contributed by atoms with Crippen molar-refractivity contribution in [3.63, 3.8) is 0 Å². The zero-order chi connectivity index (χ0) is 19.4. The molecule has 0 saturated heterocycles. The van der Waals surface area contributed by atoms with Gasteiger partial charge in [-0.2, -0.15) is 0 Å². The van der Waals surface area contributed by atoms with Crippen molar-refractivity contribution in [2.45, 2.75) is 19.8 Å². The number of hydrogen-bond donors (Lipinski definition) is 2. The molecule has 0 aliphatic heterocycles. The van der Waals surface area contributed by atoms with E-state index in [1.54, 1.807) is 6.92 Å². The number of nitrogens with one attached hydrogen (secondary N) is 2. The number of carbonyl (C=O) groups is 4. The molecule has 142 valence electrons. The van der Waals surface area contributed by atoms with Gasteiger partial charge in [0.1, 0.15) is 12.4 Å². The van der Waals surface area contributed by atoms with E-state index in [0.717, 1.165) is 12.1 Å². The first-order valence-corrected chi connectivity index (χ1v) is 8.04. The van der Waals surface area contributed by atoms with Crippen molar-refractivity contribution in [3.05, 3.63) is 35.6 Å². The minimum atomic E-state index is -0.790. The standard InChI is InChI=1S/C17H21FN2O6/c1-2-25-15(22)4-3-9-19-14(21)11-26-16(23)10-20-17(24)12-5-7-13(18)8-6-12/h5-8H,2-4,9-11H2,1H3,(H,19,21)(H,20,24). The summed E-state index contributed by atoms with van der Waals surface area (Å²) in [5.41, 5.74) is 0.193. The maximum absolute atomic E-state index is 12.8. The molecule has 0 fully saturated rings. The van der Waals surface area contributed by atoms with Gasteiger partial charge in [-0.05, 0) is 37.6 Å². The third-order valence-corrected chi connectivity index (χ3v) is 3.05. The van der Waals surface area contributed by atoms with E-state index in [1.165, 1.54) is 12.1 Å². The molecule has 1 aromatic rings. The van der Waals surface area contributed by atoms with E-state index in [1.807, 2.05) is 0 Å². The summed E-state index contributed by atoms with van der Waals surface area (Å²) >= 11 is 0. The number of esters is 2. The lowest BCUT2D eigenvalue weighted by Gasteiger charge is -2.07. The molecule has 0 spiro atoms. The van der Waals surface area contributed by atoms with Crippen LogP contribution in [0, 0.1) is 5.82 Å². The Balaban J connectivity index is 2.15. The van der Waals surface area contributed by atoms with Crippen molar-refractivity contribution in [3.8, 4) is 0 Å². The van der Waals surface area contributed by atoms with Crippen LogP contribution < -0.4 is 10.6 Å². The van der Waals surface area contributed by atoms with Crippen molar-refractivity contribution in [2.75, 3.05) is 26.3 Å². The van der Waals surface area contributed by atoms with E-state index < -0.39 is 36.8 Å². The lowest BCUT2D eigenvalue weighted by Crippen LogP contribution is -2.34. The Morgan fingerprint density at radius 2 is 1.69 bits per heavy atom. The second kappa shape index (κ2) is 11.6. The topological polar surface area (TPSA) is 111 Å². The van der Waals surface area contributed by atoms with Crippen LogP contribution in [0.15, 0.2) is 24.3 Å². The highest BCUT2D eigenvalue weighted by atomic mass is 19.1. The first-order valence-electron chi connectivity index (χ1n) is 8.04. The molecule has 2 N–H and O–H groups in total. The van der Waals surface area contributed by atoms with E-state index in [2.05, 4.69) is 10.6 Å². The van der Waals surface area contributed by atoms with Gasteiger partial charge >= 0.3 is 11.9 Å². The summed E-state index contributed by atoms with van der Waals surface area (Å²) in [6.07, 6.45) is 0.593. The summed E-state index contributed by atoms with van der Waals surface area (Å²) in [5.74, 6) is -2.70. The minimum Gasteiger partial charge on any atom is -0.466 e. The van der Waals surface area contributed by atoms with Crippen LogP contribution in [0.1, 0.15) is 30.1 Å². The van der Waals surface area contributed by atoms with Crippen LogP contribution in [-0.4, -0.2) is 50.1 Å². The maximum Gasteiger partial charge on any atom is 0.325 e. The average molecular weight is 368 g/mol. The molecule has 9 heteroatoms. The quantitative estimate of drug-likeness (QED) is 0.461. The summed E-state index contributed by atoms with van der Waals surface area (Å²) in [6.45, 7) is 1.34. The Bertz CT molecular complexity index is 633. The van der Waals surface area contributed by atoms with Crippen molar-refractivity contribution in [1.82, 2.24) is 10.6 Å². The molecular weight excluding hydrogens is 347 g/mol. The van der Waals surface area contributed by atoms with Gasteiger partial charge in [0.15, 0.2) is 6.61 Å². The van der Waals surface area contributed by atoms with E-state index in [9.17, 15) is 23.6 Å². The van der Waals surface area contributed by atoms with Crippen LogP contribution in [-0.2, 0) is 23.9 Å². The number of carbonyl (C=O) groups excluding carboxylic acids is 4. The van der Waals surface area contributed by atoms with Crippen LogP contribution in [0.4, 0.5) is 4.39 Å². The van der Waals surface area contributed by atoms with Crippen molar-refractivity contribution >= 4 is 23.8 Å². The second-order valence-electron chi connectivity index (χ2n) is 5.11. The lowest BCUT2D eigenvalue weighted by molar-refractivity contribution is -0.147.